The number of likely N-dealkylation sites (tertiary alicyclic amines) is 3. The molecule has 3 fully saturated rings. The molecular formula is C16H31N3. The van der Waals surface area contributed by atoms with Gasteiger partial charge in [0.15, 0.2) is 0 Å². The molecule has 2 atom stereocenters. The highest BCUT2D eigenvalue weighted by atomic mass is 15.4. The second-order valence-corrected chi connectivity index (χ2v) is 8.35. The summed E-state index contributed by atoms with van der Waals surface area (Å²) < 4.78 is 0. The Morgan fingerprint density at radius 3 is 2.16 bits per heavy atom. The molecule has 3 heteroatoms. The van der Waals surface area contributed by atoms with E-state index < -0.39 is 0 Å². The summed E-state index contributed by atoms with van der Waals surface area (Å²) >= 11 is 0. The van der Waals surface area contributed by atoms with Crippen LogP contribution in [0.4, 0.5) is 0 Å². The summed E-state index contributed by atoms with van der Waals surface area (Å²) in [6.45, 7) is 18.3. The second-order valence-electron chi connectivity index (χ2n) is 8.35. The Labute approximate surface area is 118 Å². The van der Waals surface area contributed by atoms with Gasteiger partial charge < -0.3 is 0 Å². The van der Waals surface area contributed by atoms with E-state index in [4.69, 9.17) is 0 Å². The number of rotatable bonds is 3. The van der Waals surface area contributed by atoms with Gasteiger partial charge in [-0.05, 0) is 31.6 Å². The van der Waals surface area contributed by atoms with Crippen LogP contribution in [0.25, 0.3) is 0 Å². The Kier molecular flexibility index (Phi) is 3.43. The molecule has 0 saturated carbocycles. The molecule has 0 radical (unpaired) electrons. The predicted molar refractivity (Wildman–Crippen MR) is 80.1 cm³/mol. The molecule has 2 bridgehead atoms. The highest BCUT2D eigenvalue weighted by Gasteiger charge is 2.45. The van der Waals surface area contributed by atoms with E-state index in [9.17, 15) is 0 Å². The Hall–Kier alpha value is -0.120. The van der Waals surface area contributed by atoms with E-state index >= 15 is 0 Å². The van der Waals surface area contributed by atoms with E-state index in [2.05, 4.69) is 49.3 Å². The Morgan fingerprint density at radius 1 is 1.00 bits per heavy atom. The second kappa shape index (κ2) is 4.71. The summed E-state index contributed by atoms with van der Waals surface area (Å²) in [6, 6.07) is 2.40. The first-order chi connectivity index (χ1) is 8.84. The SMILES string of the molecule is CC(C)N1CC2CC1CN2CN1CC(C(C)(C)C)C1. The first-order valence-electron chi connectivity index (χ1n) is 8.06. The normalized spacial score (nSPS) is 34.4. The molecule has 3 aliphatic rings. The lowest BCUT2D eigenvalue weighted by molar-refractivity contribution is -0.0291. The monoisotopic (exact) mass is 265 g/mol. The Bertz CT molecular complexity index is 327. The van der Waals surface area contributed by atoms with Gasteiger partial charge in [0.05, 0.1) is 6.67 Å². The van der Waals surface area contributed by atoms with Crippen molar-refractivity contribution in [3.63, 3.8) is 0 Å². The summed E-state index contributed by atoms with van der Waals surface area (Å²) in [7, 11) is 0. The van der Waals surface area contributed by atoms with Crippen molar-refractivity contribution in [1.82, 2.24) is 14.7 Å². The number of fused-ring (bicyclic) bond motifs is 2. The number of nitrogens with zero attached hydrogens (tertiary/aromatic N) is 3. The minimum atomic E-state index is 0.495. The van der Waals surface area contributed by atoms with Gasteiger partial charge in [0, 0.05) is 44.3 Å². The van der Waals surface area contributed by atoms with Crippen molar-refractivity contribution in [3.8, 4) is 0 Å². The zero-order chi connectivity index (χ0) is 13.8. The van der Waals surface area contributed by atoms with Crippen molar-refractivity contribution in [2.75, 3.05) is 32.8 Å². The molecule has 110 valence electrons. The number of hydrogen-bond acceptors (Lipinski definition) is 3. The van der Waals surface area contributed by atoms with Gasteiger partial charge in [-0.3, -0.25) is 14.7 Å². The lowest BCUT2D eigenvalue weighted by Gasteiger charge is -2.49. The smallest absolute Gasteiger partial charge is 0.0510 e. The molecule has 3 nitrogen and oxygen atoms in total. The van der Waals surface area contributed by atoms with Crippen LogP contribution in [0.5, 0.6) is 0 Å². The van der Waals surface area contributed by atoms with Crippen LogP contribution in [0.1, 0.15) is 41.0 Å². The molecule has 3 aliphatic heterocycles. The fourth-order valence-electron chi connectivity index (χ4n) is 4.08. The quantitative estimate of drug-likeness (QED) is 0.773. The van der Waals surface area contributed by atoms with Crippen LogP contribution >= 0.6 is 0 Å². The van der Waals surface area contributed by atoms with Crippen LogP contribution in [-0.2, 0) is 0 Å². The highest BCUT2D eigenvalue weighted by molar-refractivity contribution is 5.01. The van der Waals surface area contributed by atoms with Crippen molar-refractivity contribution < 1.29 is 0 Å². The molecular weight excluding hydrogens is 234 g/mol. The standard InChI is InChI=1S/C16H31N3/c1-12(2)19-10-14-6-15(19)9-18(14)11-17-7-13(8-17)16(3,4)5/h12-15H,6-11H2,1-5H3. The maximum atomic E-state index is 2.74. The van der Waals surface area contributed by atoms with E-state index in [1.807, 2.05) is 0 Å². The maximum Gasteiger partial charge on any atom is 0.0510 e. The third-order valence-electron chi connectivity index (χ3n) is 5.62. The lowest BCUT2D eigenvalue weighted by atomic mass is 9.76. The molecule has 0 aromatic carbocycles. The summed E-state index contributed by atoms with van der Waals surface area (Å²) in [6.07, 6.45) is 1.41. The van der Waals surface area contributed by atoms with E-state index in [-0.39, 0.29) is 0 Å². The first-order valence-corrected chi connectivity index (χ1v) is 8.06. The molecule has 0 aromatic rings. The average Bonchev–Trinajstić information content (AvgIpc) is 2.79. The number of piperazine rings is 1. The minimum Gasteiger partial charge on any atom is -0.295 e. The summed E-state index contributed by atoms with van der Waals surface area (Å²) in [5.74, 6) is 0.902. The molecule has 0 spiro atoms. The number of hydrogen-bond donors (Lipinski definition) is 0. The van der Waals surface area contributed by atoms with Gasteiger partial charge >= 0.3 is 0 Å². The van der Waals surface area contributed by atoms with Gasteiger partial charge in [0.2, 0.25) is 0 Å². The first kappa shape index (κ1) is 13.8. The topological polar surface area (TPSA) is 9.72 Å². The van der Waals surface area contributed by atoms with E-state index in [1.54, 1.807) is 0 Å². The van der Waals surface area contributed by atoms with Crippen LogP contribution in [0.2, 0.25) is 0 Å². The minimum absolute atomic E-state index is 0.495. The van der Waals surface area contributed by atoms with Crippen molar-refractivity contribution in [1.29, 1.82) is 0 Å². The Morgan fingerprint density at radius 2 is 1.68 bits per heavy atom. The van der Waals surface area contributed by atoms with Crippen LogP contribution in [-0.4, -0.2) is 65.7 Å². The molecule has 0 aromatic heterocycles. The van der Waals surface area contributed by atoms with Crippen molar-refractivity contribution >= 4 is 0 Å². The summed E-state index contributed by atoms with van der Waals surface area (Å²) in [5, 5.41) is 0. The van der Waals surface area contributed by atoms with Gasteiger partial charge in [-0.25, -0.2) is 0 Å². The highest BCUT2D eigenvalue weighted by Crippen LogP contribution is 2.36. The van der Waals surface area contributed by atoms with Crippen molar-refractivity contribution in [3.05, 3.63) is 0 Å². The van der Waals surface area contributed by atoms with E-state index in [0.717, 1.165) is 24.0 Å². The van der Waals surface area contributed by atoms with Gasteiger partial charge in [0.1, 0.15) is 0 Å². The van der Waals surface area contributed by atoms with E-state index in [0.29, 0.717) is 5.41 Å². The Balaban J connectivity index is 1.45. The van der Waals surface area contributed by atoms with Gasteiger partial charge in [-0.2, -0.15) is 0 Å². The van der Waals surface area contributed by atoms with Crippen LogP contribution in [0, 0.1) is 11.3 Å². The van der Waals surface area contributed by atoms with Crippen molar-refractivity contribution in [2.24, 2.45) is 11.3 Å². The van der Waals surface area contributed by atoms with E-state index in [1.165, 1.54) is 39.3 Å². The molecule has 3 heterocycles. The van der Waals surface area contributed by atoms with Gasteiger partial charge in [-0.1, -0.05) is 20.8 Å². The average molecular weight is 265 g/mol. The largest absolute Gasteiger partial charge is 0.295 e. The molecule has 0 N–H and O–H groups in total. The van der Waals surface area contributed by atoms with Crippen LogP contribution in [0.3, 0.4) is 0 Å². The zero-order valence-electron chi connectivity index (χ0n) is 13.4. The lowest BCUT2D eigenvalue weighted by Crippen LogP contribution is -2.58. The third kappa shape index (κ3) is 2.57. The maximum absolute atomic E-state index is 2.74. The third-order valence-corrected chi connectivity index (χ3v) is 5.62. The predicted octanol–water partition coefficient (Wildman–Crippen LogP) is 2.09. The molecule has 19 heavy (non-hydrogen) atoms. The van der Waals surface area contributed by atoms with Crippen molar-refractivity contribution in [2.45, 2.75) is 59.2 Å². The molecule has 3 saturated heterocycles. The molecule has 0 aliphatic carbocycles. The fraction of sp³-hybridized carbons (Fsp3) is 1.00. The summed E-state index contributed by atoms with van der Waals surface area (Å²) in [4.78, 5) is 8.09. The molecule has 3 rings (SSSR count). The molecule has 0 amide bonds. The summed E-state index contributed by atoms with van der Waals surface area (Å²) in [5.41, 5.74) is 0.495. The van der Waals surface area contributed by atoms with Crippen LogP contribution in [0.15, 0.2) is 0 Å². The van der Waals surface area contributed by atoms with Crippen LogP contribution < -0.4 is 0 Å². The fourth-order valence-corrected chi connectivity index (χ4v) is 4.08. The molecule has 2 unspecified atom stereocenters. The van der Waals surface area contributed by atoms with Gasteiger partial charge in [-0.15, -0.1) is 0 Å². The van der Waals surface area contributed by atoms with Gasteiger partial charge in [0.25, 0.3) is 0 Å². The zero-order valence-corrected chi connectivity index (χ0v) is 13.4.